The lowest BCUT2D eigenvalue weighted by atomic mass is 9.99. The zero-order valence-electron chi connectivity index (χ0n) is 18.6. The molecular weight excluding hydrogens is 438 g/mol. The molecule has 0 saturated heterocycles. The van der Waals surface area contributed by atoms with Crippen molar-refractivity contribution in [3.05, 3.63) is 77.2 Å². The molecule has 0 radical (unpaired) electrons. The van der Waals surface area contributed by atoms with Crippen LogP contribution in [0.4, 0.5) is 8.78 Å². The molecule has 0 bridgehead atoms. The monoisotopic (exact) mass is 460 g/mol. The number of nitrogens with zero attached hydrogens (tertiary/aromatic N) is 4. The van der Waals surface area contributed by atoms with Crippen LogP contribution in [-0.2, 0) is 20.1 Å². The molecule has 8 heteroatoms. The Balaban J connectivity index is 1.32. The molecule has 0 unspecified atom stereocenters. The van der Waals surface area contributed by atoms with E-state index in [1.165, 1.54) is 29.9 Å². The summed E-state index contributed by atoms with van der Waals surface area (Å²) in [7, 11) is 1.80. The number of carbonyl (C=O) groups excluding carboxylic acids is 1. The number of pyridine rings is 1. The Bertz CT molecular complexity index is 1420. The molecule has 1 aliphatic heterocycles. The Morgan fingerprint density at radius 1 is 1.12 bits per heavy atom. The first-order chi connectivity index (χ1) is 16.5. The molecule has 1 aliphatic carbocycles. The van der Waals surface area contributed by atoms with Crippen molar-refractivity contribution in [1.82, 2.24) is 19.7 Å². The van der Waals surface area contributed by atoms with E-state index in [2.05, 4.69) is 10.1 Å². The Morgan fingerprint density at radius 3 is 2.65 bits per heavy atom. The van der Waals surface area contributed by atoms with E-state index in [-0.39, 0.29) is 24.6 Å². The van der Waals surface area contributed by atoms with Crippen LogP contribution in [0.1, 0.15) is 34.5 Å². The van der Waals surface area contributed by atoms with Gasteiger partial charge in [0.05, 0.1) is 31.0 Å². The predicted molar refractivity (Wildman–Crippen MR) is 122 cm³/mol. The largest absolute Gasteiger partial charge is 0.491 e. The number of fused-ring (bicyclic) bond motifs is 2. The zero-order chi connectivity index (χ0) is 23.4. The minimum Gasteiger partial charge on any atom is -0.491 e. The number of benzene rings is 2. The summed E-state index contributed by atoms with van der Waals surface area (Å²) in [5, 5.41) is 5.27. The summed E-state index contributed by atoms with van der Waals surface area (Å²) in [6.07, 6.45) is 5.79. The Morgan fingerprint density at radius 2 is 1.91 bits per heavy atom. The number of amides is 1. The van der Waals surface area contributed by atoms with Crippen LogP contribution in [0.5, 0.6) is 5.75 Å². The lowest BCUT2D eigenvalue weighted by molar-refractivity contribution is 0.0763. The van der Waals surface area contributed by atoms with Gasteiger partial charge in [0.15, 0.2) is 0 Å². The highest BCUT2D eigenvalue weighted by molar-refractivity contribution is 5.98. The van der Waals surface area contributed by atoms with E-state index in [9.17, 15) is 4.79 Å². The standard InChI is InChI=1S/C26H22F2N4O2/c1-31-11-19-17(6-7-24(25(19)30-31)34-14-15-4-5-15)16-9-21(27)20(22(28)10-16)12-32-13-23-18(26(32)33)3-2-8-29-23/h2-3,6-11,15H,4-5,12-14H2,1H3. The molecule has 2 aliphatic rings. The summed E-state index contributed by atoms with van der Waals surface area (Å²) in [5.74, 6) is -0.398. The number of aromatic nitrogens is 3. The Kier molecular flexibility index (Phi) is 4.83. The van der Waals surface area contributed by atoms with Gasteiger partial charge in [-0.15, -0.1) is 0 Å². The van der Waals surface area contributed by atoms with Crippen molar-refractivity contribution in [3.8, 4) is 16.9 Å². The van der Waals surface area contributed by atoms with Gasteiger partial charge in [-0.1, -0.05) is 0 Å². The van der Waals surface area contributed by atoms with Crippen LogP contribution >= 0.6 is 0 Å². The van der Waals surface area contributed by atoms with E-state index in [0.29, 0.717) is 46.2 Å². The van der Waals surface area contributed by atoms with Crippen LogP contribution in [0.15, 0.2) is 48.8 Å². The van der Waals surface area contributed by atoms with Crippen LogP contribution in [0.2, 0.25) is 0 Å². The van der Waals surface area contributed by atoms with Crippen LogP contribution in [0.3, 0.4) is 0 Å². The lowest BCUT2D eigenvalue weighted by Crippen LogP contribution is -2.24. The van der Waals surface area contributed by atoms with Crippen molar-refractivity contribution in [2.24, 2.45) is 13.0 Å². The molecule has 172 valence electrons. The quantitative estimate of drug-likeness (QED) is 0.412. The van der Waals surface area contributed by atoms with Crippen molar-refractivity contribution in [1.29, 1.82) is 0 Å². The molecule has 4 aromatic rings. The fraction of sp³-hybridized carbons (Fsp3) is 0.269. The average Bonchev–Trinajstić information content (AvgIpc) is 3.48. The molecule has 1 saturated carbocycles. The summed E-state index contributed by atoms with van der Waals surface area (Å²) >= 11 is 0. The highest BCUT2D eigenvalue weighted by atomic mass is 19.1. The maximum Gasteiger partial charge on any atom is 0.256 e. The number of ether oxygens (including phenoxy) is 1. The molecule has 0 spiro atoms. The van der Waals surface area contributed by atoms with Gasteiger partial charge in [-0.3, -0.25) is 14.5 Å². The zero-order valence-corrected chi connectivity index (χ0v) is 18.6. The SMILES string of the molecule is Cn1cc2c(-c3cc(F)c(CN4Cc5ncccc5C4=O)c(F)c3)ccc(OCC3CC3)c2n1. The van der Waals surface area contributed by atoms with E-state index in [0.717, 1.165) is 5.39 Å². The molecule has 6 rings (SSSR count). The molecule has 0 N–H and O–H groups in total. The van der Waals surface area contributed by atoms with Crippen molar-refractivity contribution >= 4 is 16.8 Å². The van der Waals surface area contributed by atoms with Crippen LogP contribution in [0.25, 0.3) is 22.0 Å². The number of aryl methyl sites for hydroxylation is 1. The van der Waals surface area contributed by atoms with Crippen molar-refractivity contribution < 1.29 is 18.3 Å². The lowest BCUT2D eigenvalue weighted by Gasteiger charge is -2.17. The third-order valence-electron chi connectivity index (χ3n) is 6.47. The fourth-order valence-corrected chi connectivity index (χ4v) is 4.47. The van der Waals surface area contributed by atoms with E-state index >= 15 is 8.78 Å². The second-order valence-corrected chi connectivity index (χ2v) is 9.01. The van der Waals surface area contributed by atoms with Gasteiger partial charge < -0.3 is 9.64 Å². The second-order valence-electron chi connectivity index (χ2n) is 9.01. The number of hydrogen-bond donors (Lipinski definition) is 0. The molecule has 1 amide bonds. The maximum atomic E-state index is 15.2. The molecule has 2 aromatic carbocycles. The number of carbonyl (C=O) groups is 1. The third kappa shape index (κ3) is 3.59. The van der Waals surface area contributed by atoms with E-state index in [1.807, 2.05) is 18.3 Å². The second kappa shape index (κ2) is 7.90. The average molecular weight is 460 g/mol. The molecule has 1 fully saturated rings. The van der Waals surface area contributed by atoms with Crippen molar-refractivity contribution in [3.63, 3.8) is 0 Å². The first-order valence-electron chi connectivity index (χ1n) is 11.3. The van der Waals surface area contributed by atoms with E-state index in [1.54, 1.807) is 30.1 Å². The molecular formula is C26H22F2N4O2. The highest BCUT2D eigenvalue weighted by Gasteiger charge is 2.30. The number of halogens is 2. The van der Waals surface area contributed by atoms with Crippen molar-refractivity contribution in [2.45, 2.75) is 25.9 Å². The van der Waals surface area contributed by atoms with Gasteiger partial charge in [0.25, 0.3) is 5.91 Å². The fourth-order valence-electron chi connectivity index (χ4n) is 4.47. The van der Waals surface area contributed by atoms with Crippen LogP contribution in [-0.4, -0.2) is 32.2 Å². The van der Waals surface area contributed by atoms with Gasteiger partial charge in [-0.2, -0.15) is 5.10 Å². The Hall–Kier alpha value is -3.81. The molecule has 34 heavy (non-hydrogen) atoms. The molecule has 6 nitrogen and oxygen atoms in total. The van der Waals surface area contributed by atoms with Crippen LogP contribution in [0, 0.1) is 17.6 Å². The third-order valence-corrected chi connectivity index (χ3v) is 6.47. The van der Waals surface area contributed by atoms with E-state index < -0.39 is 11.6 Å². The number of rotatable bonds is 6. The summed E-state index contributed by atoms with van der Waals surface area (Å²) < 4.78 is 38.0. The summed E-state index contributed by atoms with van der Waals surface area (Å²) in [4.78, 5) is 18.2. The smallest absolute Gasteiger partial charge is 0.256 e. The number of hydrogen-bond acceptors (Lipinski definition) is 4. The minimum atomic E-state index is -0.696. The first kappa shape index (κ1) is 20.8. The Labute approximate surface area is 194 Å². The summed E-state index contributed by atoms with van der Waals surface area (Å²) in [5.41, 5.74) is 2.69. The normalized spacial score (nSPS) is 15.3. The molecule has 3 heterocycles. The van der Waals surface area contributed by atoms with Gasteiger partial charge >= 0.3 is 0 Å². The van der Waals surface area contributed by atoms with Gasteiger partial charge in [-0.25, -0.2) is 8.78 Å². The summed E-state index contributed by atoms with van der Waals surface area (Å²) in [6, 6.07) is 9.61. The minimum absolute atomic E-state index is 0.142. The topological polar surface area (TPSA) is 60.2 Å². The highest BCUT2D eigenvalue weighted by Crippen LogP contribution is 2.37. The van der Waals surface area contributed by atoms with Crippen molar-refractivity contribution in [2.75, 3.05) is 6.61 Å². The maximum absolute atomic E-state index is 15.2. The van der Waals surface area contributed by atoms with Gasteiger partial charge in [0.1, 0.15) is 22.9 Å². The predicted octanol–water partition coefficient (Wildman–Crippen LogP) is 4.86. The van der Waals surface area contributed by atoms with Gasteiger partial charge in [-0.05, 0) is 66.3 Å². The van der Waals surface area contributed by atoms with Crippen LogP contribution < -0.4 is 4.74 Å². The van der Waals surface area contributed by atoms with Gasteiger partial charge in [0.2, 0.25) is 0 Å². The van der Waals surface area contributed by atoms with E-state index in [4.69, 9.17) is 4.74 Å². The van der Waals surface area contributed by atoms with Gasteiger partial charge in [0, 0.05) is 30.4 Å². The summed E-state index contributed by atoms with van der Waals surface area (Å²) in [6.45, 7) is 0.717. The first-order valence-corrected chi connectivity index (χ1v) is 11.3. The molecule has 2 aromatic heterocycles. The molecule has 0 atom stereocenters.